The van der Waals surface area contributed by atoms with Gasteiger partial charge in [-0.2, -0.15) is 0 Å². The Morgan fingerprint density at radius 1 is 0.500 bits per heavy atom. The first-order valence-corrected chi connectivity index (χ1v) is 18.7. The second-order valence-corrected chi connectivity index (χ2v) is 15.0. The average molecular weight is 934 g/mol. The SMILES string of the molecule is CCCCCCC1(O)C(=O)N(c2ccc(Br)cc2)C(=O)N1c1ccc(Br)cc1.O=C1C(=O)N(c2ccc(Br)cc2)C(=O)N1c1ccc(Br)cc1. The number of nitrogens with zero attached hydrogens (tertiary/aromatic N) is 4. The van der Waals surface area contributed by atoms with E-state index in [4.69, 9.17) is 0 Å². The van der Waals surface area contributed by atoms with E-state index in [-0.39, 0.29) is 6.42 Å². The number of imide groups is 3. The fourth-order valence-corrected chi connectivity index (χ4v) is 6.53. The maximum atomic E-state index is 13.2. The molecule has 1 N–H and O–H groups in total. The second-order valence-electron chi connectivity index (χ2n) is 11.4. The molecule has 50 heavy (non-hydrogen) atoms. The van der Waals surface area contributed by atoms with Crippen LogP contribution in [0.1, 0.15) is 39.0 Å². The second kappa shape index (κ2) is 16.1. The van der Waals surface area contributed by atoms with Crippen LogP contribution in [0.5, 0.6) is 0 Å². The highest BCUT2D eigenvalue weighted by Gasteiger charge is 2.57. The summed E-state index contributed by atoms with van der Waals surface area (Å²) < 4.78 is 3.32. The fourth-order valence-electron chi connectivity index (χ4n) is 5.47. The van der Waals surface area contributed by atoms with E-state index in [1.807, 2.05) is 0 Å². The number of rotatable bonds is 9. The molecule has 6 rings (SSSR count). The number of hydrogen-bond acceptors (Lipinski definition) is 6. The molecule has 2 saturated heterocycles. The predicted octanol–water partition coefficient (Wildman–Crippen LogP) is 9.56. The Labute approximate surface area is 322 Å². The van der Waals surface area contributed by atoms with Gasteiger partial charge in [0.05, 0.1) is 17.1 Å². The van der Waals surface area contributed by atoms with Crippen LogP contribution >= 0.6 is 63.7 Å². The molecule has 258 valence electrons. The third-order valence-electron chi connectivity index (χ3n) is 7.99. The molecule has 2 aliphatic heterocycles. The first-order valence-electron chi connectivity index (χ1n) is 15.5. The molecule has 14 heteroatoms. The van der Waals surface area contributed by atoms with Gasteiger partial charge >= 0.3 is 23.9 Å². The Morgan fingerprint density at radius 3 is 1.24 bits per heavy atom. The lowest BCUT2D eigenvalue weighted by atomic mass is 10.0. The Bertz CT molecular complexity index is 1840. The molecular formula is C36H30Br4N4O6. The summed E-state index contributed by atoms with van der Waals surface area (Å²) in [4.78, 5) is 67.3. The molecular weight excluding hydrogens is 904 g/mol. The lowest BCUT2D eigenvalue weighted by Gasteiger charge is -2.30. The number of carbonyl (C=O) groups excluding carboxylic acids is 5. The first kappa shape index (κ1) is 37.6. The van der Waals surface area contributed by atoms with Gasteiger partial charge in [-0.3, -0.25) is 19.3 Å². The van der Waals surface area contributed by atoms with Gasteiger partial charge in [-0.1, -0.05) is 89.9 Å². The van der Waals surface area contributed by atoms with Crippen LogP contribution in [-0.4, -0.2) is 40.6 Å². The number of hydrogen-bond donors (Lipinski definition) is 1. The maximum absolute atomic E-state index is 13.2. The summed E-state index contributed by atoms with van der Waals surface area (Å²) in [6, 6.07) is 25.8. The number of urea groups is 2. The first-order chi connectivity index (χ1) is 23.9. The van der Waals surface area contributed by atoms with Gasteiger partial charge in [0, 0.05) is 30.0 Å². The molecule has 10 nitrogen and oxygen atoms in total. The van der Waals surface area contributed by atoms with Gasteiger partial charge < -0.3 is 5.11 Å². The largest absolute Gasteiger partial charge is 0.363 e. The smallest absolute Gasteiger partial charge is 0.343 e. The van der Waals surface area contributed by atoms with Gasteiger partial charge in [0.1, 0.15) is 0 Å². The van der Waals surface area contributed by atoms with Crippen LogP contribution in [-0.2, 0) is 14.4 Å². The van der Waals surface area contributed by atoms with Crippen molar-refractivity contribution >= 4 is 116 Å². The highest BCUT2D eigenvalue weighted by atomic mass is 79.9. The van der Waals surface area contributed by atoms with Crippen molar-refractivity contribution in [1.82, 2.24) is 0 Å². The Balaban J connectivity index is 0.000000200. The highest BCUT2D eigenvalue weighted by Crippen LogP contribution is 2.38. The van der Waals surface area contributed by atoms with E-state index in [1.165, 1.54) is 4.90 Å². The molecule has 1 unspecified atom stereocenters. The number of aliphatic hydroxyl groups is 1. The molecule has 0 radical (unpaired) electrons. The van der Waals surface area contributed by atoms with E-state index in [9.17, 15) is 29.1 Å². The Hall–Kier alpha value is -3.69. The quantitative estimate of drug-likeness (QED) is 0.102. The molecule has 2 aliphatic rings. The molecule has 0 aliphatic carbocycles. The zero-order chi connectivity index (χ0) is 36.2. The normalized spacial score (nSPS) is 17.5. The van der Waals surface area contributed by atoms with Gasteiger partial charge in [0.15, 0.2) is 0 Å². The van der Waals surface area contributed by atoms with Gasteiger partial charge in [0.25, 0.3) is 5.91 Å². The molecule has 1 atom stereocenters. The van der Waals surface area contributed by atoms with E-state index >= 15 is 0 Å². The van der Waals surface area contributed by atoms with Crippen LogP contribution in [0.2, 0.25) is 0 Å². The van der Waals surface area contributed by atoms with Crippen molar-refractivity contribution in [2.45, 2.75) is 44.8 Å². The lowest BCUT2D eigenvalue weighted by molar-refractivity contribution is -0.133. The van der Waals surface area contributed by atoms with Gasteiger partial charge in [-0.15, -0.1) is 0 Å². The summed E-state index contributed by atoms with van der Waals surface area (Å²) in [5.74, 6) is -2.34. The number of anilines is 4. The van der Waals surface area contributed by atoms with Crippen molar-refractivity contribution in [3.63, 3.8) is 0 Å². The van der Waals surface area contributed by atoms with Crippen molar-refractivity contribution in [1.29, 1.82) is 0 Å². The van der Waals surface area contributed by atoms with Crippen LogP contribution in [0.15, 0.2) is 115 Å². The summed E-state index contributed by atoms with van der Waals surface area (Å²) >= 11 is 13.3. The third kappa shape index (κ3) is 7.79. The molecule has 2 heterocycles. The number of halogens is 4. The van der Waals surface area contributed by atoms with Crippen molar-refractivity contribution in [2.24, 2.45) is 0 Å². The number of benzene rings is 4. The van der Waals surface area contributed by atoms with Crippen LogP contribution in [0, 0.1) is 0 Å². The van der Waals surface area contributed by atoms with Crippen molar-refractivity contribution in [3.8, 4) is 0 Å². The predicted molar refractivity (Wildman–Crippen MR) is 206 cm³/mol. The minimum Gasteiger partial charge on any atom is -0.363 e. The van der Waals surface area contributed by atoms with Crippen molar-refractivity contribution < 1.29 is 29.1 Å². The van der Waals surface area contributed by atoms with Crippen LogP contribution in [0.4, 0.5) is 32.3 Å². The van der Waals surface area contributed by atoms with Crippen LogP contribution in [0.3, 0.4) is 0 Å². The highest BCUT2D eigenvalue weighted by molar-refractivity contribution is 9.11. The van der Waals surface area contributed by atoms with Crippen LogP contribution in [0.25, 0.3) is 0 Å². The summed E-state index contributed by atoms with van der Waals surface area (Å²) in [6.07, 6.45) is 3.82. The number of unbranched alkanes of at least 4 members (excludes halogenated alkanes) is 3. The monoisotopic (exact) mass is 930 g/mol. The summed E-state index contributed by atoms with van der Waals surface area (Å²) in [6.45, 7) is 2.10. The molecule has 2 fully saturated rings. The molecule has 0 spiro atoms. The maximum Gasteiger partial charge on any atom is 0.343 e. The van der Waals surface area contributed by atoms with E-state index in [0.717, 1.165) is 51.9 Å². The molecule has 4 aromatic carbocycles. The van der Waals surface area contributed by atoms with Crippen molar-refractivity contribution in [3.05, 3.63) is 115 Å². The summed E-state index contributed by atoms with van der Waals surface area (Å²) in [5.41, 5.74) is -0.271. The standard InChI is InChI=1S/C21H22Br2N2O3.C15H8Br2N2O3/c1-2-3-4-5-14-21(28)19(26)24(17-10-6-15(22)7-11-17)20(27)25(21)18-12-8-16(23)9-13-18;16-9-1-5-11(6-2-9)18-13(20)14(21)19(15(18)22)12-7-3-10(17)4-8-12/h6-13,28H,2-5,14H2,1H3;1-8H. The lowest BCUT2D eigenvalue weighted by Crippen LogP contribution is -2.50. The molecule has 0 aromatic heterocycles. The van der Waals surface area contributed by atoms with Gasteiger partial charge in [-0.05, 0) is 103 Å². The molecule has 4 aromatic rings. The molecule has 0 bridgehead atoms. The zero-order valence-corrected chi connectivity index (χ0v) is 32.9. The summed E-state index contributed by atoms with van der Waals surface area (Å²) in [7, 11) is 0. The number of carbonyl (C=O) groups is 5. The number of amides is 7. The topological polar surface area (TPSA) is 119 Å². The summed E-state index contributed by atoms with van der Waals surface area (Å²) in [5, 5.41) is 11.4. The van der Waals surface area contributed by atoms with Gasteiger partial charge in [-0.25, -0.2) is 24.3 Å². The van der Waals surface area contributed by atoms with E-state index in [0.29, 0.717) is 29.2 Å². The van der Waals surface area contributed by atoms with Crippen LogP contribution < -0.4 is 19.6 Å². The average Bonchev–Trinajstić information content (AvgIpc) is 3.44. The Morgan fingerprint density at radius 2 is 0.860 bits per heavy atom. The minimum atomic E-state index is -1.90. The Kier molecular flexibility index (Phi) is 12.1. The van der Waals surface area contributed by atoms with Crippen molar-refractivity contribution in [2.75, 3.05) is 19.6 Å². The fraction of sp³-hybridized carbons (Fsp3) is 0.194. The third-order valence-corrected chi connectivity index (χ3v) is 10.1. The molecule has 0 saturated carbocycles. The zero-order valence-electron chi connectivity index (χ0n) is 26.6. The van der Waals surface area contributed by atoms with E-state index < -0.39 is 35.5 Å². The molecule has 7 amide bonds. The van der Waals surface area contributed by atoms with Gasteiger partial charge in [0.2, 0.25) is 5.72 Å². The minimum absolute atomic E-state index is 0.195. The van der Waals surface area contributed by atoms with E-state index in [1.54, 1.807) is 97.1 Å². The van der Waals surface area contributed by atoms with E-state index in [2.05, 4.69) is 70.6 Å².